The van der Waals surface area contributed by atoms with Crippen LogP contribution in [0.2, 0.25) is 0 Å². The topological polar surface area (TPSA) is 102 Å². The lowest BCUT2D eigenvalue weighted by Crippen LogP contribution is -2.55. The predicted octanol–water partition coefficient (Wildman–Crippen LogP) is 3.22. The Balaban J connectivity index is 2.86. The van der Waals surface area contributed by atoms with Gasteiger partial charge in [0.2, 0.25) is 5.91 Å². The number of carbonyl (C=O) groups excluding carboxylic acids is 4. The minimum atomic E-state index is -0.786. The van der Waals surface area contributed by atoms with Crippen molar-refractivity contribution in [1.29, 1.82) is 0 Å². The van der Waals surface area contributed by atoms with Gasteiger partial charge in [-0.25, -0.2) is 4.79 Å². The summed E-state index contributed by atoms with van der Waals surface area (Å²) in [4.78, 5) is 50.3. The summed E-state index contributed by atoms with van der Waals surface area (Å²) in [5.74, 6) is -1.59. The number of alkyl carbamates (subject to hydrolysis) is 1. The van der Waals surface area contributed by atoms with Gasteiger partial charge in [0.15, 0.2) is 0 Å². The molecule has 1 aliphatic rings. The quantitative estimate of drug-likeness (QED) is 0.495. The zero-order chi connectivity index (χ0) is 23.1. The Morgan fingerprint density at radius 3 is 2.13 bits per heavy atom. The van der Waals surface area contributed by atoms with E-state index in [1.807, 2.05) is 0 Å². The molecular formula is C22H38N2O6. The highest BCUT2D eigenvalue weighted by atomic mass is 16.6. The number of ether oxygens (including phenoxy) is 2. The monoisotopic (exact) mass is 426 g/mol. The van der Waals surface area contributed by atoms with Crippen molar-refractivity contribution >= 4 is 24.3 Å². The van der Waals surface area contributed by atoms with Gasteiger partial charge in [-0.1, -0.05) is 12.8 Å². The number of esters is 1. The molecule has 0 aliphatic heterocycles. The molecule has 3 atom stereocenters. The lowest BCUT2D eigenvalue weighted by Gasteiger charge is -2.39. The second-order valence-electron chi connectivity index (χ2n) is 9.94. The van der Waals surface area contributed by atoms with E-state index in [0.29, 0.717) is 6.29 Å². The van der Waals surface area contributed by atoms with Crippen LogP contribution < -0.4 is 5.32 Å². The minimum absolute atomic E-state index is 0.0563. The molecule has 0 aromatic rings. The zero-order valence-corrected chi connectivity index (χ0v) is 19.4. The lowest BCUT2D eigenvalue weighted by molar-refractivity contribution is -0.158. The molecule has 172 valence electrons. The molecule has 0 aromatic heterocycles. The number of amides is 2. The molecule has 8 heteroatoms. The number of likely N-dealkylation sites (N-methyl/N-ethyl adjacent to an activating group) is 1. The van der Waals surface area contributed by atoms with Crippen LogP contribution in [0.4, 0.5) is 4.79 Å². The summed E-state index contributed by atoms with van der Waals surface area (Å²) in [6.07, 6.45) is 3.24. The van der Waals surface area contributed by atoms with Crippen LogP contribution in [0.25, 0.3) is 0 Å². The molecule has 1 rings (SSSR count). The maximum Gasteiger partial charge on any atom is 0.407 e. The molecule has 2 amide bonds. The number of aldehydes is 1. The van der Waals surface area contributed by atoms with E-state index in [0.717, 1.165) is 25.7 Å². The normalized spacial score (nSPS) is 20.6. The van der Waals surface area contributed by atoms with Crippen LogP contribution >= 0.6 is 0 Å². The smallest absolute Gasteiger partial charge is 0.407 e. The van der Waals surface area contributed by atoms with E-state index in [-0.39, 0.29) is 30.8 Å². The molecule has 0 spiro atoms. The summed E-state index contributed by atoms with van der Waals surface area (Å²) in [5, 5.41) is 2.89. The van der Waals surface area contributed by atoms with E-state index < -0.39 is 29.2 Å². The first-order chi connectivity index (χ1) is 13.7. The van der Waals surface area contributed by atoms with E-state index in [1.165, 1.54) is 0 Å². The summed E-state index contributed by atoms with van der Waals surface area (Å²) in [5.41, 5.74) is -1.28. The average molecular weight is 427 g/mol. The van der Waals surface area contributed by atoms with Crippen molar-refractivity contribution in [1.82, 2.24) is 10.2 Å². The Labute approximate surface area is 180 Å². The van der Waals surface area contributed by atoms with Crippen LogP contribution in [-0.2, 0) is 23.9 Å². The highest BCUT2D eigenvalue weighted by Crippen LogP contribution is 2.26. The molecule has 0 radical (unpaired) electrons. The van der Waals surface area contributed by atoms with E-state index in [2.05, 4.69) is 5.32 Å². The van der Waals surface area contributed by atoms with E-state index in [1.54, 1.807) is 53.5 Å². The molecule has 0 heterocycles. The summed E-state index contributed by atoms with van der Waals surface area (Å²) in [7, 11) is 1.66. The van der Waals surface area contributed by atoms with Crippen molar-refractivity contribution in [3.63, 3.8) is 0 Å². The molecule has 0 bridgehead atoms. The average Bonchev–Trinajstić information content (AvgIpc) is 2.57. The first-order valence-corrected chi connectivity index (χ1v) is 10.6. The maximum atomic E-state index is 13.1. The third-order valence-electron chi connectivity index (χ3n) is 4.84. The maximum absolute atomic E-state index is 13.1. The second-order valence-corrected chi connectivity index (χ2v) is 9.94. The number of hydrogen-bond acceptors (Lipinski definition) is 6. The van der Waals surface area contributed by atoms with Gasteiger partial charge in [-0.2, -0.15) is 0 Å². The fraction of sp³-hybridized carbons (Fsp3) is 0.818. The highest BCUT2D eigenvalue weighted by Gasteiger charge is 2.36. The fourth-order valence-corrected chi connectivity index (χ4v) is 3.63. The standard InChI is InChI=1S/C22H38N2O6/c1-21(2,3)29-18(26)14-15(12-13-25)19(27)24(7)17-11-9-8-10-16(17)23-20(28)30-22(4,5)6/h13,15-17H,8-12,14H2,1-7H3,(H,23,28)/t15-,16+,17+/m1/s1. The van der Waals surface area contributed by atoms with Crippen molar-refractivity contribution in [3.05, 3.63) is 0 Å². The summed E-state index contributed by atoms with van der Waals surface area (Å²) < 4.78 is 10.7. The summed E-state index contributed by atoms with van der Waals surface area (Å²) in [6, 6.07) is -0.479. The van der Waals surface area contributed by atoms with Gasteiger partial charge in [-0.05, 0) is 54.4 Å². The van der Waals surface area contributed by atoms with Crippen molar-refractivity contribution < 1.29 is 28.7 Å². The lowest BCUT2D eigenvalue weighted by atomic mass is 9.88. The highest BCUT2D eigenvalue weighted by molar-refractivity contribution is 5.86. The Morgan fingerprint density at radius 2 is 1.60 bits per heavy atom. The van der Waals surface area contributed by atoms with Crippen LogP contribution in [0.15, 0.2) is 0 Å². The van der Waals surface area contributed by atoms with E-state index >= 15 is 0 Å². The van der Waals surface area contributed by atoms with Crippen LogP contribution in [0, 0.1) is 5.92 Å². The first kappa shape index (κ1) is 25.9. The molecule has 0 saturated heterocycles. The SMILES string of the molecule is CN(C(=O)[C@H](CC=O)CC(=O)OC(C)(C)C)[C@H]1CCCC[C@@H]1NC(=O)OC(C)(C)C. The van der Waals surface area contributed by atoms with E-state index in [4.69, 9.17) is 9.47 Å². The molecule has 1 aliphatic carbocycles. The number of hydrogen-bond donors (Lipinski definition) is 1. The number of carbonyl (C=O) groups is 4. The van der Waals surface area contributed by atoms with Crippen LogP contribution in [0.5, 0.6) is 0 Å². The molecule has 1 saturated carbocycles. The second kappa shape index (κ2) is 10.8. The molecule has 1 N–H and O–H groups in total. The van der Waals surface area contributed by atoms with Crippen LogP contribution in [0.1, 0.15) is 80.1 Å². The Hall–Kier alpha value is -2.12. The molecule has 1 fully saturated rings. The third-order valence-corrected chi connectivity index (χ3v) is 4.84. The van der Waals surface area contributed by atoms with Gasteiger partial charge in [-0.15, -0.1) is 0 Å². The van der Waals surface area contributed by atoms with Crippen molar-refractivity contribution in [2.45, 2.75) is 103 Å². The van der Waals surface area contributed by atoms with Gasteiger partial charge < -0.3 is 24.5 Å². The van der Waals surface area contributed by atoms with Gasteiger partial charge in [0.25, 0.3) is 0 Å². The van der Waals surface area contributed by atoms with Crippen molar-refractivity contribution in [3.8, 4) is 0 Å². The van der Waals surface area contributed by atoms with Crippen LogP contribution in [-0.4, -0.2) is 59.5 Å². The largest absolute Gasteiger partial charge is 0.460 e. The molecule has 0 unspecified atom stereocenters. The summed E-state index contributed by atoms with van der Waals surface area (Å²) in [6.45, 7) is 10.6. The van der Waals surface area contributed by atoms with E-state index in [9.17, 15) is 19.2 Å². The van der Waals surface area contributed by atoms with Gasteiger partial charge in [0.1, 0.15) is 17.5 Å². The number of rotatable bonds is 7. The zero-order valence-electron chi connectivity index (χ0n) is 19.4. The van der Waals surface area contributed by atoms with Gasteiger partial charge in [0, 0.05) is 13.5 Å². The molecular weight excluding hydrogens is 388 g/mol. The number of nitrogens with one attached hydrogen (secondary N) is 1. The molecule has 0 aromatic carbocycles. The summed E-state index contributed by atoms with van der Waals surface area (Å²) >= 11 is 0. The van der Waals surface area contributed by atoms with Gasteiger partial charge in [0.05, 0.1) is 24.4 Å². The third kappa shape index (κ3) is 9.13. The Morgan fingerprint density at radius 1 is 1.03 bits per heavy atom. The molecule has 30 heavy (non-hydrogen) atoms. The van der Waals surface area contributed by atoms with Gasteiger partial charge in [-0.3, -0.25) is 9.59 Å². The van der Waals surface area contributed by atoms with Crippen molar-refractivity contribution in [2.75, 3.05) is 7.05 Å². The number of nitrogens with zero attached hydrogens (tertiary/aromatic N) is 1. The minimum Gasteiger partial charge on any atom is -0.460 e. The van der Waals surface area contributed by atoms with Crippen LogP contribution in [0.3, 0.4) is 0 Å². The Bertz CT molecular complexity index is 620. The predicted molar refractivity (Wildman–Crippen MR) is 113 cm³/mol. The fourth-order valence-electron chi connectivity index (χ4n) is 3.63. The first-order valence-electron chi connectivity index (χ1n) is 10.6. The Kier molecular flexibility index (Phi) is 9.31. The van der Waals surface area contributed by atoms with Gasteiger partial charge >= 0.3 is 12.1 Å². The van der Waals surface area contributed by atoms with Crippen molar-refractivity contribution in [2.24, 2.45) is 5.92 Å². The molecule has 8 nitrogen and oxygen atoms in total.